The molecule has 0 bridgehead atoms. The van der Waals surface area contributed by atoms with Gasteiger partial charge in [0.05, 0.1) is 19.3 Å². The average Bonchev–Trinajstić information content (AvgIpc) is 2.95. The fourth-order valence-corrected chi connectivity index (χ4v) is 3.74. The van der Waals surface area contributed by atoms with Crippen LogP contribution in [0.15, 0.2) is 11.0 Å². The molecule has 1 saturated heterocycles. The minimum atomic E-state index is -3.48. The first kappa shape index (κ1) is 22.4. The van der Waals surface area contributed by atoms with Crippen molar-refractivity contribution in [1.29, 1.82) is 0 Å². The Balaban J connectivity index is 2.41. The lowest BCUT2D eigenvalue weighted by Gasteiger charge is -2.27. The second-order valence-electron chi connectivity index (χ2n) is 6.02. The third-order valence-electron chi connectivity index (χ3n) is 4.22. The highest BCUT2D eigenvalue weighted by atomic mass is 32.5. The summed E-state index contributed by atoms with van der Waals surface area (Å²) in [4.78, 5) is 26.3. The lowest BCUT2D eigenvalue weighted by molar-refractivity contribution is -0.0785. The number of methoxy groups -OCH3 is 1. The van der Waals surface area contributed by atoms with E-state index >= 15 is 0 Å². The van der Waals surface area contributed by atoms with E-state index in [0.717, 1.165) is 0 Å². The highest BCUT2D eigenvalue weighted by Gasteiger charge is 2.49. The van der Waals surface area contributed by atoms with Gasteiger partial charge < -0.3 is 29.4 Å². The van der Waals surface area contributed by atoms with Gasteiger partial charge in [0.1, 0.15) is 18.0 Å². The molecule has 10 nitrogen and oxygen atoms in total. The van der Waals surface area contributed by atoms with Crippen molar-refractivity contribution in [2.45, 2.75) is 44.8 Å². The predicted molar refractivity (Wildman–Crippen MR) is 102 cm³/mol. The van der Waals surface area contributed by atoms with Gasteiger partial charge in [-0.3, -0.25) is 9.09 Å². The molecule has 2 rings (SSSR count). The van der Waals surface area contributed by atoms with Crippen molar-refractivity contribution in [1.82, 2.24) is 9.55 Å². The minimum Gasteiger partial charge on any atom is -0.383 e. The molecule has 2 heterocycles. The molecule has 154 valence electrons. The summed E-state index contributed by atoms with van der Waals surface area (Å²) in [5.74, 6) is 0.149. The molecule has 1 fully saturated rings. The number of hydrogen-bond acceptors (Lipinski definition) is 9. The normalized spacial score (nSPS) is 27.6. The number of aryl methyl sites for hydroxylation is 1. The molecular formula is C15H26N3O7PS. The monoisotopic (exact) mass is 423 g/mol. The van der Waals surface area contributed by atoms with Gasteiger partial charge in [-0.25, -0.2) is 4.79 Å². The summed E-state index contributed by atoms with van der Waals surface area (Å²) in [6.07, 6.45) is -0.683. The second-order valence-corrected chi connectivity index (χ2v) is 8.92. The van der Waals surface area contributed by atoms with Gasteiger partial charge in [-0.2, -0.15) is 4.98 Å². The van der Waals surface area contributed by atoms with Gasteiger partial charge in [-0.1, -0.05) is 6.92 Å². The Morgan fingerprint density at radius 3 is 2.70 bits per heavy atom. The van der Waals surface area contributed by atoms with E-state index in [-0.39, 0.29) is 12.4 Å². The van der Waals surface area contributed by atoms with Crippen LogP contribution in [0.4, 0.5) is 5.82 Å². The molecule has 0 radical (unpaired) electrons. The zero-order valence-corrected chi connectivity index (χ0v) is 17.4. The molecule has 27 heavy (non-hydrogen) atoms. The summed E-state index contributed by atoms with van der Waals surface area (Å²) in [5, 5.41) is 0. The molecule has 1 aromatic heterocycles. The van der Waals surface area contributed by atoms with Crippen LogP contribution in [0.5, 0.6) is 0 Å². The standard InChI is InChI=1S/C15H26N3O7PS/c1-5-10-11(25-26(20,27)22-4)12(23-7-6-21-3)14(24-10)18-8-9(2)13(16)17-15(18)19/h8,10-12,14H,5-7H2,1-4H3,(H,20,27)(H2,16,17,19)/t10-,11?,12+,14-,26?/m1/s1. The first-order valence-electron chi connectivity index (χ1n) is 8.42. The van der Waals surface area contributed by atoms with Crippen molar-refractivity contribution >= 4 is 24.3 Å². The van der Waals surface area contributed by atoms with Crippen molar-refractivity contribution in [2.24, 2.45) is 0 Å². The largest absolute Gasteiger partial charge is 0.383 e. The van der Waals surface area contributed by atoms with E-state index in [0.29, 0.717) is 18.6 Å². The number of ether oxygens (including phenoxy) is 3. The van der Waals surface area contributed by atoms with Crippen molar-refractivity contribution < 1.29 is 28.2 Å². The summed E-state index contributed by atoms with van der Waals surface area (Å²) >= 11 is 4.98. The topological polar surface area (TPSA) is 127 Å². The quantitative estimate of drug-likeness (QED) is 0.433. The molecule has 0 aliphatic carbocycles. The van der Waals surface area contributed by atoms with Gasteiger partial charge in [-0.15, -0.1) is 0 Å². The summed E-state index contributed by atoms with van der Waals surface area (Å²) in [7, 11) is 2.82. The average molecular weight is 423 g/mol. The van der Waals surface area contributed by atoms with Gasteiger partial charge in [-0.05, 0) is 25.2 Å². The van der Waals surface area contributed by atoms with Crippen LogP contribution in [-0.2, 0) is 35.1 Å². The summed E-state index contributed by atoms with van der Waals surface area (Å²) < 4.78 is 28.8. The van der Waals surface area contributed by atoms with Crippen molar-refractivity contribution in [2.75, 3.05) is 33.2 Å². The molecule has 2 unspecified atom stereocenters. The fourth-order valence-electron chi connectivity index (χ4n) is 2.79. The van der Waals surface area contributed by atoms with Crippen LogP contribution in [0.3, 0.4) is 0 Å². The van der Waals surface area contributed by atoms with Gasteiger partial charge in [0.2, 0.25) is 0 Å². The van der Waals surface area contributed by atoms with E-state index in [4.69, 9.17) is 40.8 Å². The van der Waals surface area contributed by atoms with Gasteiger partial charge in [0.15, 0.2) is 6.23 Å². The lowest BCUT2D eigenvalue weighted by atomic mass is 10.1. The van der Waals surface area contributed by atoms with Crippen LogP contribution in [0.1, 0.15) is 25.1 Å². The number of rotatable bonds is 9. The lowest BCUT2D eigenvalue weighted by Crippen LogP contribution is -2.39. The number of nitrogen functional groups attached to an aromatic ring is 1. The highest BCUT2D eigenvalue weighted by Crippen LogP contribution is 2.48. The number of aromatic nitrogens is 2. The molecule has 0 saturated carbocycles. The Morgan fingerprint density at radius 1 is 1.41 bits per heavy atom. The number of hydrogen-bond donors (Lipinski definition) is 2. The maximum Gasteiger partial charge on any atom is 0.351 e. The highest BCUT2D eigenvalue weighted by molar-refractivity contribution is 8.07. The third-order valence-corrected chi connectivity index (χ3v) is 5.90. The van der Waals surface area contributed by atoms with Crippen LogP contribution >= 0.6 is 6.72 Å². The molecule has 1 aliphatic heterocycles. The van der Waals surface area contributed by atoms with Crippen LogP contribution in [0.25, 0.3) is 0 Å². The summed E-state index contributed by atoms with van der Waals surface area (Å²) in [6.45, 7) is 0.706. The van der Waals surface area contributed by atoms with Crippen molar-refractivity contribution in [3.05, 3.63) is 22.2 Å². The van der Waals surface area contributed by atoms with Gasteiger partial charge >= 0.3 is 12.4 Å². The second kappa shape index (κ2) is 9.53. The van der Waals surface area contributed by atoms with Gasteiger partial charge in [0, 0.05) is 26.0 Å². The van der Waals surface area contributed by atoms with E-state index in [2.05, 4.69) is 4.98 Å². The molecule has 3 N–H and O–H groups in total. The zero-order chi connectivity index (χ0) is 20.2. The number of anilines is 1. The maximum atomic E-state index is 12.4. The molecular weight excluding hydrogens is 397 g/mol. The van der Waals surface area contributed by atoms with Crippen molar-refractivity contribution in [3.8, 4) is 0 Å². The molecule has 1 aliphatic rings. The molecule has 0 aromatic carbocycles. The van der Waals surface area contributed by atoms with Crippen LogP contribution in [0.2, 0.25) is 0 Å². The number of nitrogens with two attached hydrogens (primary N) is 1. The number of nitrogens with zero attached hydrogens (tertiary/aromatic N) is 2. The molecule has 0 amide bonds. The van der Waals surface area contributed by atoms with Crippen LogP contribution in [-0.4, -0.2) is 60.2 Å². The molecule has 1 aromatic rings. The van der Waals surface area contributed by atoms with E-state index in [9.17, 15) is 9.69 Å². The predicted octanol–water partition coefficient (Wildman–Crippen LogP) is 0.721. The Morgan fingerprint density at radius 2 is 2.11 bits per heavy atom. The molecule has 12 heteroatoms. The smallest absolute Gasteiger partial charge is 0.351 e. The third kappa shape index (κ3) is 5.33. The van der Waals surface area contributed by atoms with E-state index < -0.39 is 36.9 Å². The Labute approximate surface area is 162 Å². The molecule has 0 spiro atoms. The zero-order valence-electron chi connectivity index (χ0n) is 15.7. The maximum absolute atomic E-state index is 12.4. The first-order valence-corrected chi connectivity index (χ1v) is 11.0. The van der Waals surface area contributed by atoms with E-state index in [1.54, 1.807) is 20.2 Å². The van der Waals surface area contributed by atoms with Crippen LogP contribution < -0.4 is 11.4 Å². The Bertz CT molecular complexity index is 747. The van der Waals surface area contributed by atoms with Crippen molar-refractivity contribution in [3.63, 3.8) is 0 Å². The summed E-state index contributed by atoms with van der Waals surface area (Å²) in [6, 6.07) is 0. The van der Waals surface area contributed by atoms with E-state index in [1.165, 1.54) is 11.7 Å². The Kier molecular flexibility index (Phi) is 7.90. The van der Waals surface area contributed by atoms with E-state index in [1.807, 2.05) is 6.92 Å². The van der Waals surface area contributed by atoms with Crippen LogP contribution in [0, 0.1) is 6.92 Å². The Hall–Kier alpha value is -0.910. The first-order chi connectivity index (χ1) is 12.7. The van der Waals surface area contributed by atoms with Gasteiger partial charge in [0.25, 0.3) is 0 Å². The molecule has 5 atom stereocenters. The summed E-state index contributed by atoms with van der Waals surface area (Å²) in [5.41, 5.74) is 5.75. The fraction of sp³-hybridized carbons (Fsp3) is 0.733. The SMILES string of the molecule is CC[C@H]1O[C@@H](n2cc(C)c(N)nc2=O)[C@@H](OCCOC)C1OP(O)(=S)OC. The minimum absolute atomic E-state index is 0.149.